The predicted octanol–water partition coefficient (Wildman–Crippen LogP) is 3.28. The lowest BCUT2D eigenvalue weighted by Gasteiger charge is -2.14. The standard InChI is InChI=1S/C19H21NO4/c1-3-15-6-8-16(9-7-15)14(2)20-18(21)13-24-19(22)11-10-17-5-4-12-23-17/h4-12,14H,3,13H2,1-2H3,(H,20,21)/b11-10+/t14-/m1/s1. The molecule has 0 bridgehead atoms. The van der Waals surface area contributed by atoms with Crippen LogP contribution in [-0.2, 0) is 20.7 Å². The maximum atomic E-state index is 11.9. The second-order valence-electron chi connectivity index (χ2n) is 5.34. The first kappa shape index (κ1) is 17.5. The first-order valence-corrected chi connectivity index (χ1v) is 7.85. The van der Waals surface area contributed by atoms with E-state index in [0.29, 0.717) is 5.76 Å². The molecular weight excluding hydrogens is 306 g/mol. The van der Waals surface area contributed by atoms with Gasteiger partial charge in [-0.15, -0.1) is 0 Å². The average Bonchev–Trinajstić information content (AvgIpc) is 3.11. The Morgan fingerprint density at radius 3 is 2.62 bits per heavy atom. The summed E-state index contributed by atoms with van der Waals surface area (Å²) in [5.74, 6) is -0.399. The number of furan rings is 1. The van der Waals surface area contributed by atoms with Crippen LogP contribution < -0.4 is 5.32 Å². The molecule has 1 N–H and O–H groups in total. The Kier molecular flexibility index (Phi) is 6.37. The van der Waals surface area contributed by atoms with E-state index in [1.807, 2.05) is 31.2 Å². The molecule has 0 aliphatic heterocycles. The second kappa shape index (κ2) is 8.72. The highest BCUT2D eigenvalue weighted by molar-refractivity contribution is 5.89. The van der Waals surface area contributed by atoms with E-state index in [4.69, 9.17) is 9.15 Å². The van der Waals surface area contributed by atoms with Gasteiger partial charge >= 0.3 is 5.97 Å². The van der Waals surface area contributed by atoms with E-state index in [0.717, 1.165) is 12.0 Å². The van der Waals surface area contributed by atoms with Crippen LogP contribution in [0.2, 0.25) is 0 Å². The predicted molar refractivity (Wildman–Crippen MR) is 91.1 cm³/mol. The number of hydrogen-bond donors (Lipinski definition) is 1. The number of carbonyl (C=O) groups excluding carboxylic acids is 2. The summed E-state index contributed by atoms with van der Waals surface area (Å²) in [6.07, 6.45) is 5.19. The van der Waals surface area contributed by atoms with E-state index in [1.54, 1.807) is 12.1 Å². The normalized spacial score (nSPS) is 12.1. The maximum absolute atomic E-state index is 11.9. The smallest absolute Gasteiger partial charge is 0.331 e. The van der Waals surface area contributed by atoms with Gasteiger partial charge in [0, 0.05) is 6.08 Å². The third-order valence-electron chi connectivity index (χ3n) is 3.54. The monoisotopic (exact) mass is 327 g/mol. The van der Waals surface area contributed by atoms with Crippen molar-refractivity contribution >= 4 is 18.0 Å². The van der Waals surface area contributed by atoms with Gasteiger partial charge in [-0.25, -0.2) is 4.79 Å². The summed E-state index contributed by atoms with van der Waals surface area (Å²) in [5, 5.41) is 2.80. The molecule has 0 aliphatic rings. The van der Waals surface area contributed by atoms with E-state index in [-0.39, 0.29) is 18.6 Å². The molecule has 1 aromatic carbocycles. The number of aryl methyl sites for hydroxylation is 1. The van der Waals surface area contributed by atoms with Crippen molar-refractivity contribution in [2.75, 3.05) is 6.61 Å². The van der Waals surface area contributed by atoms with Crippen molar-refractivity contribution in [3.8, 4) is 0 Å². The molecule has 5 nitrogen and oxygen atoms in total. The molecule has 126 valence electrons. The Labute approximate surface area is 141 Å². The molecule has 0 saturated carbocycles. The van der Waals surface area contributed by atoms with Gasteiger partial charge < -0.3 is 14.5 Å². The van der Waals surface area contributed by atoms with Gasteiger partial charge in [-0.2, -0.15) is 0 Å². The topological polar surface area (TPSA) is 68.5 Å². The highest BCUT2D eigenvalue weighted by atomic mass is 16.5. The molecule has 1 aromatic heterocycles. The largest absolute Gasteiger partial charge is 0.465 e. The lowest BCUT2D eigenvalue weighted by Crippen LogP contribution is -2.30. The summed E-state index contributed by atoms with van der Waals surface area (Å²) in [6, 6.07) is 11.3. The minimum absolute atomic E-state index is 0.152. The molecule has 2 aromatic rings. The fourth-order valence-corrected chi connectivity index (χ4v) is 2.13. The van der Waals surface area contributed by atoms with Crippen LogP contribution in [0, 0.1) is 0 Å². The molecule has 0 spiro atoms. The molecular formula is C19H21NO4. The zero-order valence-electron chi connectivity index (χ0n) is 13.8. The molecule has 0 fully saturated rings. The van der Waals surface area contributed by atoms with E-state index in [9.17, 15) is 9.59 Å². The van der Waals surface area contributed by atoms with Crippen LogP contribution >= 0.6 is 0 Å². The first-order valence-electron chi connectivity index (χ1n) is 7.85. The fraction of sp³-hybridized carbons (Fsp3) is 0.263. The van der Waals surface area contributed by atoms with E-state index < -0.39 is 5.97 Å². The molecule has 24 heavy (non-hydrogen) atoms. The SMILES string of the molecule is CCc1ccc([C@@H](C)NC(=O)COC(=O)/C=C/c2ccco2)cc1. The summed E-state index contributed by atoms with van der Waals surface area (Å²) in [4.78, 5) is 23.4. The van der Waals surface area contributed by atoms with Crippen LogP contribution in [0.5, 0.6) is 0 Å². The minimum Gasteiger partial charge on any atom is -0.465 e. The Balaban J connectivity index is 1.76. The molecule has 0 saturated heterocycles. The number of rotatable bonds is 7. The first-order chi connectivity index (χ1) is 11.6. The molecule has 0 aliphatic carbocycles. The fourth-order valence-electron chi connectivity index (χ4n) is 2.13. The summed E-state index contributed by atoms with van der Waals surface area (Å²) in [7, 11) is 0. The van der Waals surface area contributed by atoms with Crippen molar-refractivity contribution in [2.45, 2.75) is 26.3 Å². The van der Waals surface area contributed by atoms with Crippen LogP contribution in [0.3, 0.4) is 0 Å². The van der Waals surface area contributed by atoms with E-state index in [1.165, 1.54) is 24.0 Å². The van der Waals surface area contributed by atoms with Crippen molar-refractivity contribution < 1.29 is 18.7 Å². The zero-order valence-corrected chi connectivity index (χ0v) is 13.8. The number of ether oxygens (including phenoxy) is 1. The third kappa shape index (κ3) is 5.43. The molecule has 0 unspecified atom stereocenters. The number of benzene rings is 1. The van der Waals surface area contributed by atoms with Crippen LogP contribution in [0.4, 0.5) is 0 Å². The molecule has 5 heteroatoms. The van der Waals surface area contributed by atoms with Gasteiger partial charge in [0.25, 0.3) is 5.91 Å². The van der Waals surface area contributed by atoms with Crippen LogP contribution in [-0.4, -0.2) is 18.5 Å². The number of hydrogen-bond acceptors (Lipinski definition) is 4. The molecule has 2 rings (SSSR count). The van der Waals surface area contributed by atoms with Gasteiger partial charge in [-0.3, -0.25) is 4.79 Å². The number of nitrogens with one attached hydrogen (secondary N) is 1. The quantitative estimate of drug-likeness (QED) is 0.626. The van der Waals surface area contributed by atoms with Crippen LogP contribution in [0.15, 0.2) is 53.2 Å². The van der Waals surface area contributed by atoms with Crippen molar-refractivity contribution in [1.82, 2.24) is 5.32 Å². The van der Waals surface area contributed by atoms with Gasteiger partial charge in [-0.1, -0.05) is 31.2 Å². The lowest BCUT2D eigenvalue weighted by atomic mass is 10.1. The molecule has 1 amide bonds. The molecule has 1 atom stereocenters. The van der Waals surface area contributed by atoms with Crippen molar-refractivity contribution in [3.63, 3.8) is 0 Å². The summed E-state index contributed by atoms with van der Waals surface area (Å²) < 4.78 is 9.95. The number of amides is 1. The minimum atomic E-state index is -0.596. The van der Waals surface area contributed by atoms with Gasteiger partial charge in [-0.05, 0) is 42.7 Å². The average molecular weight is 327 g/mol. The third-order valence-corrected chi connectivity index (χ3v) is 3.54. The summed E-state index contributed by atoms with van der Waals surface area (Å²) in [6.45, 7) is 3.66. The maximum Gasteiger partial charge on any atom is 0.331 e. The molecule has 0 radical (unpaired) electrons. The zero-order chi connectivity index (χ0) is 17.4. The summed E-state index contributed by atoms with van der Waals surface area (Å²) in [5.41, 5.74) is 2.25. The second-order valence-corrected chi connectivity index (χ2v) is 5.34. The lowest BCUT2D eigenvalue weighted by molar-refractivity contribution is -0.144. The number of esters is 1. The Hall–Kier alpha value is -2.82. The van der Waals surface area contributed by atoms with Gasteiger partial charge in [0.2, 0.25) is 0 Å². The van der Waals surface area contributed by atoms with E-state index in [2.05, 4.69) is 12.2 Å². The van der Waals surface area contributed by atoms with E-state index >= 15 is 0 Å². The molecule has 1 heterocycles. The van der Waals surface area contributed by atoms with Gasteiger partial charge in [0.1, 0.15) is 5.76 Å². The van der Waals surface area contributed by atoms with Crippen molar-refractivity contribution in [1.29, 1.82) is 0 Å². The number of carbonyl (C=O) groups is 2. The van der Waals surface area contributed by atoms with Crippen LogP contribution in [0.25, 0.3) is 6.08 Å². The van der Waals surface area contributed by atoms with Gasteiger partial charge in [0.05, 0.1) is 12.3 Å². The Bertz CT molecular complexity index is 687. The highest BCUT2D eigenvalue weighted by Gasteiger charge is 2.11. The van der Waals surface area contributed by atoms with Crippen LogP contribution in [0.1, 0.15) is 36.8 Å². The van der Waals surface area contributed by atoms with Crippen molar-refractivity contribution in [2.24, 2.45) is 0 Å². The summed E-state index contributed by atoms with van der Waals surface area (Å²) >= 11 is 0. The Morgan fingerprint density at radius 1 is 1.25 bits per heavy atom. The Morgan fingerprint density at radius 2 is 2.00 bits per heavy atom. The highest BCUT2D eigenvalue weighted by Crippen LogP contribution is 2.13. The van der Waals surface area contributed by atoms with Gasteiger partial charge in [0.15, 0.2) is 6.61 Å². The van der Waals surface area contributed by atoms with Crippen molar-refractivity contribution in [3.05, 3.63) is 65.6 Å².